The summed E-state index contributed by atoms with van der Waals surface area (Å²) in [6.45, 7) is 0.716. The number of hydrogen-bond acceptors (Lipinski definition) is 5. The van der Waals surface area contributed by atoms with Crippen molar-refractivity contribution in [3.05, 3.63) is 0 Å². The predicted octanol–water partition coefficient (Wildman–Crippen LogP) is -1.44. The minimum Gasteiger partial charge on any atom is -0.355 e. The largest absolute Gasteiger partial charge is 0.355 e. The van der Waals surface area contributed by atoms with E-state index in [1.54, 1.807) is 7.05 Å². The summed E-state index contributed by atoms with van der Waals surface area (Å²) in [5, 5.41) is 10.2. The molecule has 0 aliphatic carbocycles. The standard InChI is InChI=1S/C12H22N4O4/c1-13-8-11(19)14-5-3-2-4-10(9-18)16-12(20)15-6-7-17/h7,9-10,13H,2-6,8H2,1H3,(H,14,19)(H2,15,16,20). The SMILES string of the molecule is CNCC(=O)NCCCCC(C=O)NC(=O)NCC=O. The zero-order valence-electron chi connectivity index (χ0n) is 11.6. The summed E-state index contributed by atoms with van der Waals surface area (Å²) in [4.78, 5) is 43.2. The van der Waals surface area contributed by atoms with Crippen LogP contribution in [0.4, 0.5) is 4.79 Å². The lowest BCUT2D eigenvalue weighted by molar-refractivity contribution is -0.120. The van der Waals surface area contributed by atoms with E-state index in [2.05, 4.69) is 21.3 Å². The molecule has 0 heterocycles. The third-order valence-corrected chi connectivity index (χ3v) is 2.43. The zero-order chi connectivity index (χ0) is 15.2. The van der Waals surface area contributed by atoms with Crippen molar-refractivity contribution in [1.82, 2.24) is 21.3 Å². The highest BCUT2D eigenvalue weighted by Crippen LogP contribution is 1.98. The van der Waals surface area contributed by atoms with Gasteiger partial charge in [0.05, 0.1) is 19.1 Å². The van der Waals surface area contributed by atoms with Gasteiger partial charge in [-0.2, -0.15) is 0 Å². The van der Waals surface area contributed by atoms with Crippen LogP contribution in [0.15, 0.2) is 0 Å². The normalized spacial score (nSPS) is 11.2. The molecule has 8 heteroatoms. The van der Waals surface area contributed by atoms with Crippen LogP contribution in [0.3, 0.4) is 0 Å². The fourth-order valence-corrected chi connectivity index (χ4v) is 1.47. The smallest absolute Gasteiger partial charge is 0.315 e. The third kappa shape index (κ3) is 10.0. The first kappa shape index (κ1) is 18.0. The van der Waals surface area contributed by atoms with Crippen LogP contribution in [0.2, 0.25) is 0 Å². The number of hydrogen-bond donors (Lipinski definition) is 4. The number of nitrogens with one attached hydrogen (secondary N) is 4. The van der Waals surface area contributed by atoms with Crippen molar-refractivity contribution in [2.45, 2.75) is 25.3 Å². The molecule has 0 aromatic carbocycles. The maximum Gasteiger partial charge on any atom is 0.315 e. The molecule has 8 nitrogen and oxygen atoms in total. The molecule has 1 unspecified atom stereocenters. The highest BCUT2D eigenvalue weighted by atomic mass is 16.2. The van der Waals surface area contributed by atoms with Gasteiger partial charge in [-0.15, -0.1) is 0 Å². The molecule has 4 N–H and O–H groups in total. The molecule has 0 bridgehead atoms. The van der Waals surface area contributed by atoms with E-state index in [1.807, 2.05) is 0 Å². The van der Waals surface area contributed by atoms with E-state index < -0.39 is 12.1 Å². The molecule has 0 radical (unpaired) electrons. The topological polar surface area (TPSA) is 116 Å². The summed E-state index contributed by atoms with van der Waals surface area (Å²) in [6.07, 6.45) is 3.11. The van der Waals surface area contributed by atoms with Gasteiger partial charge in [0.25, 0.3) is 0 Å². The number of carbonyl (C=O) groups excluding carboxylic acids is 4. The average Bonchev–Trinajstić information content (AvgIpc) is 2.43. The van der Waals surface area contributed by atoms with Gasteiger partial charge in [0.15, 0.2) is 0 Å². The van der Waals surface area contributed by atoms with Crippen molar-refractivity contribution in [1.29, 1.82) is 0 Å². The van der Waals surface area contributed by atoms with Crippen molar-refractivity contribution >= 4 is 24.5 Å². The van der Waals surface area contributed by atoms with Gasteiger partial charge in [0.2, 0.25) is 5.91 Å². The van der Waals surface area contributed by atoms with Crippen LogP contribution in [-0.4, -0.2) is 57.2 Å². The Morgan fingerprint density at radius 2 is 1.90 bits per heavy atom. The molecule has 1 atom stereocenters. The Morgan fingerprint density at radius 1 is 1.15 bits per heavy atom. The number of rotatable bonds is 11. The van der Waals surface area contributed by atoms with E-state index in [0.717, 1.165) is 6.42 Å². The lowest BCUT2D eigenvalue weighted by atomic mass is 10.1. The van der Waals surface area contributed by atoms with Gasteiger partial charge in [-0.05, 0) is 26.3 Å². The van der Waals surface area contributed by atoms with Gasteiger partial charge in [0, 0.05) is 6.54 Å². The summed E-state index contributed by atoms with van der Waals surface area (Å²) < 4.78 is 0. The van der Waals surface area contributed by atoms with Crippen LogP contribution < -0.4 is 21.3 Å². The van der Waals surface area contributed by atoms with Gasteiger partial charge in [0.1, 0.15) is 12.6 Å². The van der Waals surface area contributed by atoms with Gasteiger partial charge in [-0.25, -0.2) is 4.79 Å². The van der Waals surface area contributed by atoms with Gasteiger partial charge >= 0.3 is 6.03 Å². The second-order valence-electron chi connectivity index (χ2n) is 4.14. The Hall–Kier alpha value is -1.96. The molecule has 0 aromatic heterocycles. The highest BCUT2D eigenvalue weighted by Gasteiger charge is 2.10. The Labute approximate surface area is 118 Å². The van der Waals surface area contributed by atoms with Gasteiger partial charge in [-0.3, -0.25) is 4.79 Å². The monoisotopic (exact) mass is 286 g/mol. The van der Waals surface area contributed by atoms with E-state index in [4.69, 9.17) is 0 Å². The van der Waals surface area contributed by atoms with Crippen molar-refractivity contribution in [2.24, 2.45) is 0 Å². The minimum atomic E-state index is -0.588. The summed E-state index contributed by atoms with van der Waals surface area (Å²) in [7, 11) is 1.69. The molecule has 114 valence electrons. The van der Waals surface area contributed by atoms with Crippen LogP contribution >= 0.6 is 0 Å². The lowest BCUT2D eigenvalue weighted by Gasteiger charge is -2.12. The number of aldehydes is 2. The Kier molecular flexibility index (Phi) is 10.9. The summed E-state index contributed by atoms with van der Waals surface area (Å²) in [6, 6.07) is -1.13. The molecule has 3 amide bonds. The van der Waals surface area contributed by atoms with Crippen LogP contribution in [0.5, 0.6) is 0 Å². The summed E-state index contributed by atoms with van der Waals surface area (Å²) in [5.74, 6) is -0.0780. The third-order valence-electron chi connectivity index (χ3n) is 2.43. The predicted molar refractivity (Wildman–Crippen MR) is 73.2 cm³/mol. The lowest BCUT2D eigenvalue weighted by Crippen LogP contribution is -2.43. The van der Waals surface area contributed by atoms with Crippen LogP contribution in [0.1, 0.15) is 19.3 Å². The minimum absolute atomic E-state index is 0.0780. The number of unbranched alkanes of at least 4 members (excludes halogenated alkanes) is 1. The first-order chi connectivity index (χ1) is 9.63. The molecular formula is C12H22N4O4. The Balaban J connectivity index is 3.69. The molecule has 0 rings (SSSR count). The molecule has 20 heavy (non-hydrogen) atoms. The molecule has 0 spiro atoms. The van der Waals surface area contributed by atoms with E-state index in [-0.39, 0.29) is 19.0 Å². The van der Waals surface area contributed by atoms with Crippen LogP contribution in [0, 0.1) is 0 Å². The molecule has 0 aliphatic rings. The first-order valence-electron chi connectivity index (χ1n) is 6.48. The Morgan fingerprint density at radius 3 is 2.50 bits per heavy atom. The van der Waals surface area contributed by atoms with Crippen molar-refractivity contribution in [3.8, 4) is 0 Å². The second-order valence-corrected chi connectivity index (χ2v) is 4.14. The maximum absolute atomic E-state index is 11.2. The fourth-order valence-electron chi connectivity index (χ4n) is 1.47. The number of carbonyl (C=O) groups is 4. The number of likely N-dealkylation sites (N-methyl/N-ethyl adjacent to an activating group) is 1. The van der Waals surface area contributed by atoms with Gasteiger partial charge in [-0.1, -0.05) is 0 Å². The molecule has 0 saturated heterocycles. The van der Waals surface area contributed by atoms with E-state index in [0.29, 0.717) is 32.0 Å². The maximum atomic E-state index is 11.2. The molecule has 0 fully saturated rings. The first-order valence-corrected chi connectivity index (χ1v) is 6.48. The zero-order valence-corrected chi connectivity index (χ0v) is 11.6. The molecule has 0 saturated carbocycles. The van der Waals surface area contributed by atoms with Gasteiger partial charge < -0.3 is 30.9 Å². The molecular weight excluding hydrogens is 264 g/mol. The highest BCUT2D eigenvalue weighted by molar-refractivity contribution is 5.79. The quantitative estimate of drug-likeness (QED) is 0.274. The molecule has 0 aromatic rings. The Bertz CT molecular complexity index is 323. The van der Waals surface area contributed by atoms with Crippen molar-refractivity contribution < 1.29 is 19.2 Å². The average molecular weight is 286 g/mol. The number of urea groups is 1. The van der Waals surface area contributed by atoms with Crippen LogP contribution in [-0.2, 0) is 14.4 Å². The van der Waals surface area contributed by atoms with E-state index in [9.17, 15) is 19.2 Å². The van der Waals surface area contributed by atoms with Crippen molar-refractivity contribution in [2.75, 3.05) is 26.7 Å². The number of amides is 3. The van der Waals surface area contributed by atoms with Crippen molar-refractivity contribution in [3.63, 3.8) is 0 Å². The van der Waals surface area contributed by atoms with E-state index >= 15 is 0 Å². The molecule has 0 aliphatic heterocycles. The summed E-state index contributed by atoms with van der Waals surface area (Å²) >= 11 is 0. The second kappa shape index (κ2) is 12.1. The fraction of sp³-hybridized carbons (Fsp3) is 0.667. The van der Waals surface area contributed by atoms with E-state index in [1.165, 1.54) is 0 Å². The summed E-state index contributed by atoms with van der Waals surface area (Å²) in [5.41, 5.74) is 0. The van der Waals surface area contributed by atoms with Crippen LogP contribution in [0.25, 0.3) is 0 Å².